The highest BCUT2D eigenvalue weighted by atomic mass is 16.6. The summed E-state index contributed by atoms with van der Waals surface area (Å²) in [5.74, 6) is -1.00. The van der Waals surface area contributed by atoms with Crippen molar-refractivity contribution in [2.45, 2.75) is 51.9 Å². The van der Waals surface area contributed by atoms with Gasteiger partial charge in [-0.25, -0.2) is 9.59 Å². The third-order valence-corrected chi connectivity index (χ3v) is 2.61. The first-order valence-electron chi connectivity index (χ1n) is 6.04. The molecule has 0 saturated carbocycles. The SMILES string of the molecule is C[C@@H]1C[C@@H](CNC(=O)OC(C)(C)C)O[C@@H]1C(=O)O. The lowest BCUT2D eigenvalue weighted by Crippen LogP contribution is -2.37. The molecule has 6 nitrogen and oxygen atoms in total. The van der Waals surface area contributed by atoms with E-state index in [0.29, 0.717) is 6.42 Å². The summed E-state index contributed by atoms with van der Waals surface area (Å²) in [6, 6.07) is 0. The highest BCUT2D eigenvalue weighted by Crippen LogP contribution is 2.25. The van der Waals surface area contributed by atoms with E-state index in [-0.39, 0.29) is 18.6 Å². The van der Waals surface area contributed by atoms with Gasteiger partial charge in [-0.15, -0.1) is 0 Å². The van der Waals surface area contributed by atoms with E-state index >= 15 is 0 Å². The Hall–Kier alpha value is -1.30. The van der Waals surface area contributed by atoms with Gasteiger partial charge in [-0.2, -0.15) is 0 Å². The van der Waals surface area contributed by atoms with Gasteiger partial charge in [0.1, 0.15) is 5.60 Å². The molecule has 0 aromatic carbocycles. The average Bonchev–Trinajstić information content (AvgIpc) is 2.54. The Labute approximate surface area is 107 Å². The first-order chi connectivity index (χ1) is 8.19. The number of carbonyl (C=O) groups is 2. The number of aliphatic carboxylic acids is 1. The normalized spacial score (nSPS) is 27.9. The molecule has 1 fully saturated rings. The van der Waals surface area contributed by atoms with E-state index in [1.54, 1.807) is 20.8 Å². The summed E-state index contributed by atoms with van der Waals surface area (Å²) in [5, 5.41) is 11.5. The largest absolute Gasteiger partial charge is 0.479 e. The molecule has 0 unspecified atom stereocenters. The zero-order valence-electron chi connectivity index (χ0n) is 11.2. The van der Waals surface area contributed by atoms with Gasteiger partial charge in [0.05, 0.1) is 6.10 Å². The Morgan fingerprint density at radius 2 is 2.06 bits per heavy atom. The molecule has 0 aromatic heterocycles. The summed E-state index contributed by atoms with van der Waals surface area (Å²) in [4.78, 5) is 22.3. The second-order valence-electron chi connectivity index (χ2n) is 5.61. The maximum atomic E-state index is 11.4. The molecule has 1 rings (SSSR count). The van der Waals surface area contributed by atoms with Crippen molar-refractivity contribution in [3.8, 4) is 0 Å². The minimum absolute atomic E-state index is 0.0482. The van der Waals surface area contributed by atoms with Crippen LogP contribution in [0.2, 0.25) is 0 Å². The third kappa shape index (κ3) is 4.52. The number of alkyl carbamates (subject to hydrolysis) is 1. The molecule has 0 aromatic rings. The second-order valence-corrected chi connectivity index (χ2v) is 5.61. The Kier molecular flexibility index (Phi) is 4.56. The van der Waals surface area contributed by atoms with Crippen LogP contribution in [0.1, 0.15) is 34.1 Å². The molecule has 0 bridgehead atoms. The van der Waals surface area contributed by atoms with Gasteiger partial charge in [-0.05, 0) is 33.1 Å². The van der Waals surface area contributed by atoms with Gasteiger partial charge in [-0.1, -0.05) is 6.92 Å². The van der Waals surface area contributed by atoms with Gasteiger partial charge in [0.25, 0.3) is 0 Å². The molecule has 104 valence electrons. The van der Waals surface area contributed by atoms with Crippen LogP contribution in [-0.2, 0) is 14.3 Å². The number of ether oxygens (including phenoxy) is 2. The molecule has 2 N–H and O–H groups in total. The maximum Gasteiger partial charge on any atom is 0.407 e. The minimum atomic E-state index is -0.956. The van der Waals surface area contributed by atoms with Crippen molar-refractivity contribution in [1.29, 1.82) is 0 Å². The van der Waals surface area contributed by atoms with Gasteiger partial charge in [0, 0.05) is 6.54 Å². The molecule has 0 radical (unpaired) electrons. The smallest absolute Gasteiger partial charge is 0.407 e. The Morgan fingerprint density at radius 3 is 2.50 bits per heavy atom. The van der Waals surface area contributed by atoms with Crippen molar-refractivity contribution in [1.82, 2.24) is 5.32 Å². The highest BCUT2D eigenvalue weighted by molar-refractivity contribution is 5.73. The quantitative estimate of drug-likeness (QED) is 0.800. The first kappa shape index (κ1) is 14.8. The number of carbonyl (C=O) groups excluding carboxylic acids is 1. The number of hydrogen-bond acceptors (Lipinski definition) is 4. The van der Waals surface area contributed by atoms with E-state index in [1.807, 2.05) is 6.92 Å². The van der Waals surface area contributed by atoms with Crippen LogP contribution in [0.15, 0.2) is 0 Å². The lowest BCUT2D eigenvalue weighted by molar-refractivity contribution is -0.150. The number of carboxylic acids is 1. The van der Waals surface area contributed by atoms with E-state index in [1.165, 1.54) is 0 Å². The van der Waals surface area contributed by atoms with E-state index in [9.17, 15) is 9.59 Å². The summed E-state index contributed by atoms with van der Waals surface area (Å²) < 4.78 is 10.4. The maximum absolute atomic E-state index is 11.4. The van der Waals surface area contributed by atoms with E-state index in [2.05, 4.69) is 5.32 Å². The predicted molar refractivity (Wildman–Crippen MR) is 64.3 cm³/mol. The van der Waals surface area contributed by atoms with E-state index in [0.717, 1.165) is 0 Å². The van der Waals surface area contributed by atoms with Crippen LogP contribution < -0.4 is 5.32 Å². The first-order valence-corrected chi connectivity index (χ1v) is 6.04. The van der Waals surface area contributed by atoms with Crippen molar-refractivity contribution < 1.29 is 24.2 Å². The summed E-state index contributed by atoms with van der Waals surface area (Å²) in [5.41, 5.74) is -0.544. The van der Waals surface area contributed by atoms with Crippen molar-refractivity contribution in [3.05, 3.63) is 0 Å². The van der Waals surface area contributed by atoms with Crippen LogP contribution >= 0.6 is 0 Å². The van der Waals surface area contributed by atoms with E-state index < -0.39 is 23.8 Å². The van der Waals surface area contributed by atoms with Gasteiger partial charge in [0.2, 0.25) is 0 Å². The summed E-state index contributed by atoms with van der Waals surface area (Å²) in [7, 11) is 0. The molecule has 1 aliphatic heterocycles. The molecule has 3 atom stereocenters. The summed E-state index contributed by atoms with van der Waals surface area (Å²) >= 11 is 0. The summed E-state index contributed by atoms with van der Waals surface area (Å²) in [6.07, 6.45) is -0.950. The third-order valence-electron chi connectivity index (χ3n) is 2.61. The van der Waals surface area contributed by atoms with Crippen LogP contribution in [0.3, 0.4) is 0 Å². The lowest BCUT2D eigenvalue weighted by atomic mass is 10.0. The van der Waals surface area contributed by atoms with Crippen molar-refractivity contribution >= 4 is 12.1 Å². The fraction of sp³-hybridized carbons (Fsp3) is 0.833. The summed E-state index contributed by atoms with van der Waals surface area (Å²) in [6.45, 7) is 7.43. The number of amides is 1. The average molecular weight is 259 g/mol. The van der Waals surface area contributed by atoms with Gasteiger partial charge >= 0.3 is 12.1 Å². The molecule has 1 saturated heterocycles. The van der Waals surface area contributed by atoms with Crippen molar-refractivity contribution in [2.24, 2.45) is 5.92 Å². The Balaban J connectivity index is 2.33. The van der Waals surface area contributed by atoms with Crippen LogP contribution in [0.4, 0.5) is 4.79 Å². The van der Waals surface area contributed by atoms with E-state index in [4.69, 9.17) is 14.6 Å². The van der Waals surface area contributed by atoms with Crippen molar-refractivity contribution in [3.63, 3.8) is 0 Å². The molecule has 18 heavy (non-hydrogen) atoms. The zero-order chi connectivity index (χ0) is 13.9. The second kappa shape index (κ2) is 5.56. The fourth-order valence-corrected chi connectivity index (χ4v) is 1.88. The molecular weight excluding hydrogens is 238 g/mol. The molecule has 0 aliphatic carbocycles. The predicted octanol–water partition coefficient (Wildman–Crippen LogP) is 1.39. The molecule has 1 aliphatic rings. The number of rotatable bonds is 3. The van der Waals surface area contributed by atoms with Crippen LogP contribution in [0.5, 0.6) is 0 Å². The Morgan fingerprint density at radius 1 is 1.44 bits per heavy atom. The number of nitrogens with one attached hydrogen (secondary N) is 1. The highest BCUT2D eigenvalue weighted by Gasteiger charge is 2.37. The molecular formula is C12H21NO5. The van der Waals surface area contributed by atoms with Gasteiger partial charge in [0.15, 0.2) is 6.10 Å². The zero-order valence-corrected chi connectivity index (χ0v) is 11.2. The van der Waals surface area contributed by atoms with Crippen LogP contribution in [0.25, 0.3) is 0 Å². The minimum Gasteiger partial charge on any atom is -0.479 e. The molecule has 0 spiro atoms. The standard InChI is InChI=1S/C12H21NO5/c1-7-5-8(17-9(7)10(14)15)6-13-11(16)18-12(2,3)4/h7-9H,5-6H2,1-4H3,(H,13,16)(H,14,15)/t7-,8+,9+/m1/s1. The lowest BCUT2D eigenvalue weighted by Gasteiger charge is -2.20. The van der Waals surface area contributed by atoms with Crippen LogP contribution in [0, 0.1) is 5.92 Å². The Bertz CT molecular complexity index is 323. The number of hydrogen-bond donors (Lipinski definition) is 2. The van der Waals surface area contributed by atoms with Crippen molar-refractivity contribution in [2.75, 3.05) is 6.54 Å². The molecule has 1 amide bonds. The monoisotopic (exact) mass is 259 g/mol. The van der Waals surface area contributed by atoms with Crippen LogP contribution in [-0.4, -0.2) is 41.5 Å². The fourth-order valence-electron chi connectivity index (χ4n) is 1.88. The van der Waals surface area contributed by atoms with Gasteiger partial charge in [-0.3, -0.25) is 0 Å². The molecule has 6 heteroatoms. The topological polar surface area (TPSA) is 84.9 Å². The van der Waals surface area contributed by atoms with Gasteiger partial charge < -0.3 is 19.9 Å². The molecule has 1 heterocycles. The number of carboxylic acid groups (broad SMARTS) is 1.